The minimum absolute atomic E-state index is 0.0124. The molecule has 1 aliphatic rings. The van der Waals surface area contributed by atoms with Crippen molar-refractivity contribution < 1.29 is 4.79 Å². The molecule has 0 atom stereocenters. The number of anilines is 1. The summed E-state index contributed by atoms with van der Waals surface area (Å²) in [7, 11) is 1.81. The third-order valence-corrected chi connectivity index (χ3v) is 4.64. The van der Waals surface area contributed by atoms with Crippen LogP contribution in [0.5, 0.6) is 0 Å². The second-order valence-electron chi connectivity index (χ2n) is 5.52. The highest BCUT2D eigenvalue weighted by atomic mass is 32.1. The van der Waals surface area contributed by atoms with Crippen molar-refractivity contribution in [1.82, 2.24) is 19.7 Å². The van der Waals surface area contributed by atoms with Gasteiger partial charge in [-0.3, -0.25) is 9.48 Å². The number of amides is 1. The number of benzene rings is 1. The predicted octanol–water partition coefficient (Wildman–Crippen LogP) is 2.34. The summed E-state index contributed by atoms with van der Waals surface area (Å²) >= 11 is 1.42. The fourth-order valence-corrected chi connectivity index (χ4v) is 3.27. The van der Waals surface area contributed by atoms with E-state index in [1.807, 2.05) is 42.8 Å². The maximum Gasteiger partial charge on any atom is 0.271 e. The number of fused-ring (bicyclic) bond motifs is 1. The Morgan fingerprint density at radius 2 is 1.96 bits per heavy atom. The molecule has 0 saturated carbocycles. The molecule has 6 nitrogen and oxygen atoms in total. The summed E-state index contributed by atoms with van der Waals surface area (Å²) in [5, 5.41) is 7.06. The minimum atomic E-state index is 0.0124. The number of likely N-dealkylation sites (N-methyl/N-ethyl adjacent to an activating group) is 1. The van der Waals surface area contributed by atoms with Crippen LogP contribution >= 0.6 is 11.3 Å². The van der Waals surface area contributed by atoms with Gasteiger partial charge in [-0.05, 0) is 12.1 Å². The van der Waals surface area contributed by atoms with Crippen LogP contribution in [0.2, 0.25) is 0 Å². The largest absolute Gasteiger partial charge is 0.375 e. The Bertz CT molecular complexity index is 898. The molecule has 1 amide bonds. The van der Waals surface area contributed by atoms with Crippen LogP contribution in [0.25, 0.3) is 22.5 Å². The lowest BCUT2D eigenvalue weighted by Crippen LogP contribution is -2.37. The molecule has 4 rings (SSSR count). The summed E-state index contributed by atoms with van der Waals surface area (Å²) < 4.78 is 1.78. The predicted molar refractivity (Wildman–Crippen MR) is 90.1 cm³/mol. The van der Waals surface area contributed by atoms with Gasteiger partial charge in [-0.1, -0.05) is 18.2 Å². The van der Waals surface area contributed by atoms with Crippen molar-refractivity contribution in [2.45, 2.75) is 6.54 Å². The Morgan fingerprint density at radius 3 is 2.70 bits per heavy atom. The highest BCUT2D eigenvalue weighted by molar-refractivity contribution is 7.13. The monoisotopic (exact) mass is 325 g/mol. The van der Waals surface area contributed by atoms with Gasteiger partial charge in [0.25, 0.3) is 5.91 Å². The van der Waals surface area contributed by atoms with Crippen molar-refractivity contribution in [3.05, 3.63) is 41.4 Å². The third kappa shape index (κ3) is 2.39. The summed E-state index contributed by atoms with van der Waals surface area (Å²) in [6.07, 6.45) is 0. The first kappa shape index (κ1) is 14.0. The van der Waals surface area contributed by atoms with Gasteiger partial charge in [0, 0.05) is 30.1 Å². The maximum atomic E-state index is 12.2. The van der Waals surface area contributed by atoms with E-state index in [2.05, 4.69) is 10.1 Å². The molecule has 0 radical (unpaired) electrons. The van der Waals surface area contributed by atoms with Crippen LogP contribution in [0, 0.1) is 0 Å². The van der Waals surface area contributed by atoms with E-state index in [1.165, 1.54) is 11.3 Å². The lowest BCUT2D eigenvalue weighted by atomic mass is 10.1. The van der Waals surface area contributed by atoms with Crippen LogP contribution in [0.15, 0.2) is 35.7 Å². The highest BCUT2D eigenvalue weighted by Gasteiger charge is 2.24. The quantitative estimate of drug-likeness (QED) is 0.784. The van der Waals surface area contributed by atoms with Gasteiger partial charge in [0.2, 0.25) is 0 Å². The van der Waals surface area contributed by atoms with Crippen molar-refractivity contribution in [3.63, 3.8) is 0 Å². The molecule has 2 aromatic heterocycles. The first-order valence-electron chi connectivity index (χ1n) is 7.27. The molecule has 3 aromatic rings. The van der Waals surface area contributed by atoms with E-state index in [9.17, 15) is 4.79 Å². The standard InChI is InChI=1S/C16H15N5OS/c1-20-5-6-21-14(15(20)22)8-12(19-21)10-3-2-4-11(7-10)13-9-23-16(17)18-13/h2-4,7-9H,5-6H2,1H3,(H2,17,18). The highest BCUT2D eigenvalue weighted by Crippen LogP contribution is 2.28. The summed E-state index contributed by atoms with van der Waals surface area (Å²) in [6, 6.07) is 9.82. The number of hydrogen-bond donors (Lipinski definition) is 1. The third-order valence-electron chi connectivity index (χ3n) is 3.97. The van der Waals surface area contributed by atoms with Gasteiger partial charge in [-0.2, -0.15) is 5.10 Å². The molecule has 0 fully saturated rings. The number of carbonyl (C=O) groups excluding carboxylic acids is 1. The number of carbonyl (C=O) groups is 1. The molecule has 1 aromatic carbocycles. The van der Waals surface area contributed by atoms with Crippen LogP contribution in [-0.2, 0) is 6.54 Å². The second kappa shape index (κ2) is 5.20. The van der Waals surface area contributed by atoms with Gasteiger partial charge >= 0.3 is 0 Å². The molecule has 3 heterocycles. The number of thiazole rings is 1. The molecule has 0 unspecified atom stereocenters. The number of rotatable bonds is 2. The molecular formula is C16H15N5OS. The van der Waals surface area contributed by atoms with Crippen LogP contribution < -0.4 is 5.73 Å². The van der Waals surface area contributed by atoms with Crippen molar-refractivity contribution in [3.8, 4) is 22.5 Å². The molecule has 0 spiro atoms. The first-order chi connectivity index (χ1) is 11.1. The van der Waals surface area contributed by atoms with E-state index < -0.39 is 0 Å². The Hall–Kier alpha value is -2.67. The summed E-state index contributed by atoms with van der Waals surface area (Å²) in [5.74, 6) is 0.0124. The molecule has 0 saturated heterocycles. The maximum absolute atomic E-state index is 12.2. The normalized spacial score (nSPS) is 14.1. The second-order valence-corrected chi connectivity index (χ2v) is 6.41. The van der Waals surface area contributed by atoms with E-state index in [0.717, 1.165) is 29.1 Å². The van der Waals surface area contributed by atoms with Crippen molar-refractivity contribution >= 4 is 22.4 Å². The zero-order chi connectivity index (χ0) is 16.0. The average molecular weight is 325 g/mol. The van der Waals surface area contributed by atoms with Crippen LogP contribution in [-0.4, -0.2) is 39.2 Å². The Labute approximate surface area is 137 Å². The number of aromatic nitrogens is 3. The first-order valence-corrected chi connectivity index (χ1v) is 8.15. The fraction of sp³-hybridized carbons (Fsp3) is 0.188. The lowest BCUT2D eigenvalue weighted by Gasteiger charge is -2.22. The zero-order valence-electron chi connectivity index (χ0n) is 12.6. The van der Waals surface area contributed by atoms with E-state index in [1.54, 1.807) is 9.58 Å². The van der Waals surface area contributed by atoms with Gasteiger partial charge in [-0.15, -0.1) is 11.3 Å². The van der Waals surface area contributed by atoms with Crippen molar-refractivity contribution in [2.75, 3.05) is 19.3 Å². The molecule has 1 aliphatic heterocycles. The summed E-state index contributed by atoms with van der Waals surface area (Å²) in [4.78, 5) is 18.2. The summed E-state index contributed by atoms with van der Waals surface area (Å²) in [6.45, 7) is 1.41. The number of nitrogens with zero attached hydrogens (tertiary/aromatic N) is 4. The lowest BCUT2D eigenvalue weighted by molar-refractivity contribution is 0.0743. The number of nitrogen functional groups attached to an aromatic ring is 1. The van der Waals surface area contributed by atoms with Gasteiger partial charge in [0.1, 0.15) is 5.69 Å². The number of nitrogens with two attached hydrogens (primary N) is 1. The smallest absolute Gasteiger partial charge is 0.271 e. The topological polar surface area (TPSA) is 77.0 Å². The zero-order valence-corrected chi connectivity index (χ0v) is 13.4. The van der Waals surface area contributed by atoms with E-state index >= 15 is 0 Å². The molecule has 0 aliphatic carbocycles. The summed E-state index contributed by atoms with van der Waals surface area (Å²) in [5.41, 5.74) is 9.96. The average Bonchev–Trinajstić information content (AvgIpc) is 3.18. The molecular weight excluding hydrogens is 310 g/mol. The molecule has 7 heteroatoms. The number of hydrogen-bond acceptors (Lipinski definition) is 5. The molecule has 0 bridgehead atoms. The van der Waals surface area contributed by atoms with Gasteiger partial charge < -0.3 is 10.6 Å². The van der Waals surface area contributed by atoms with Gasteiger partial charge in [0.15, 0.2) is 5.13 Å². The van der Waals surface area contributed by atoms with Gasteiger partial charge in [0.05, 0.1) is 17.9 Å². The van der Waals surface area contributed by atoms with Crippen molar-refractivity contribution in [1.29, 1.82) is 0 Å². The molecule has 116 valence electrons. The van der Waals surface area contributed by atoms with E-state index in [0.29, 0.717) is 17.4 Å². The SMILES string of the molecule is CN1CCn2nc(-c3cccc(-c4csc(N)n4)c3)cc2C1=O. The van der Waals surface area contributed by atoms with Crippen LogP contribution in [0.3, 0.4) is 0 Å². The molecule has 23 heavy (non-hydrogen) atoms. The van der Waals surface area contributed by atoms with E-state index in [4.69, 9.17) is 5.73 Å². The minimum Gasteiger partial charge on any atom is -0.375 e. The Kier molecular flexibility index (Phi) is 3.16. The Balaban J connectivity index is 1.74. The van der Waals surface area contributed by atoms with E-state index in [-0.39, 0.29) is 5.91 Å². The van der Waals surface area contributed by atoms with Crippen LogP contribution in [0.1, 0.15) is 10.5 Å². The molecule has 2 N–H and O–H groups in total. The van der Waals surface area contributed by atoms with Crippen molar-refractivity contribution in [2.24, 2.45) is 0 Å². The van der Waals surface area contributed by atoms with Gasteiger partial charge in [-0.25, -0.2) is 4.98 Å². The fourth-order valence-electron chi connectivity index (χ4n) is 2.70. The van der Waals surface area contributed by atoms with Crippen LogP contribution in [0.4, 0.5) is 5.13 Å². The Morgan fingerprint density at radius 1 is 1.17 bits per heavy atom.